The summed E-state index contributed by atoms with van der Waals surface area (Å²) in [5, 5.41) is 20.4. The second-order valence-corrected chi connectivity index (χ2v) is 30.8. The maximum atomic E-state index is 5.19. The van der Waals surface area contributed by atoms with Crippen LogP contribution in [0.5, 0.6) is 0 Å². The van der Waals surface area contributed by atoms with E-state index in [4.69, 9.17) is 20.4 Å². The minimum Gasteiger partial charge on any atom is -0.190 e. The fourth-order valence-corrected chi connectivity index (χ4v) is 17.0. The Morgan fingerprint density at radius 3 is 0.838 bits per heavy atom. The van der Waals surface area contributed by atoms with Crippen molar-refractivity contribution >= 4 is 0 Å². The Morgan fingerprint density at radius 1 is 0.234 bits per heavy atom. The van der Waals surface area contributed by atoms with E-state index in [1.54, 1.807) is 0 Å². The number of aryl methyl sites for hydroxylation is 8. The molecule has 12 heteroatoms. The number of nitrogens with zero attached hydrogens (tertiary/aromatic N) is 12. The normalized spacial score (nSPS) is 12.2. The molecular formula is C99H94N12+4. The van der Waals surface area contributed by atoms with Crippen LogP contribution in [0.4, 0.5) is 0 Å². The summed E-state index contributed by atoms with van der Waals surface area (Å²) in [4.78, 5) is 0. The van der Waals surface area contributed by atoms with Gasteiger partial charge in [-0.15, -0.1) is 18.7 Å². The molecule has 0 bridgehead atoms. The Bertz CT molecular complexity index is 6220. The minimum absolute atomic E-state index is 0.415. The van der Waals surface area contributed by atoms with Crippen molar-refractivity contribution in [2.75, 3.05) is 0 Å². The van der Waals surface area contributed by atoms with Gasteiger partial charge in [0.2, 0.25) is 0 Å². The lowest BCUT2D eigenvalue weighted by molar-refractivity contribution is -0.574. The predicted molar refractivity (Wildman–Crippen MR) is 446 cm³/mol. The van der Waals surface area contributed by atoms with Gasteiger partial charge < -0.3 is 0 Å². The van der Waals surface area contributed by atoms with E-state index < -0.39 is 0 Å². The van der Waals surface area contributed by atoms with Crippen molar-refractivity contribution in [2.45, 2.75) is 128 Å². The Labute approximate surface area is 651 Å². The van der Waals surface area contributed by atoms with Gasteiger partial charge in [-0.05, 0) is 196 Å². The molecular weight excluding hydrogens is 1360 g/mol. The van der Waals surface area contributed by atoms with E-state index in [0.717, 1.165) is 61.0 Å². The van der Waals surface area contributed by atoms with Crippen molar-refractivity contribution in [2.24, 2.45) is 0 Å². The molecule has 0 aliphatic carbocycles. The maximum absolute atomic E-state index is 5.19. The Morgan fingerprint density at radius 2 is 0.486 bits per heavy atom. The van der Waals surface area contributed by atoms with E-state index in [-0.39, 0.29) is 0 Å². The van der Waals surface area contributed by atoms with Crippen molar-refractivity contribution < 1.29 is 18.3 Å². The van der Waals surface area contributed by atoms with Gasteiger partial charge >= 0.3 is 23.3 Å². The first-order valence-corrected chi connectivity index (χ1v) is 39.0. The molecule has 4 aliphatic rings. The van der Waals surface area contributed by atoms with Crippen molar-refractivity contribution in [1.82, 2.24) is 39.1 Å². The average molecular weight is 1450 g/mol. The van der Waals surface area contributed by atoms with Crippen LogP contribution in [0.15, 0.2) is 273 Å². The van der Waals surface area contributed by atoms with Crippen LogP contribution in [0.1, 0.15) is 123 Å². The van der Waals surface area contributed by atoms with Gasteiger partial charge in [0, 0.05) is 42.6 Å². The summed E-state index contributed by atoms with van der Waals surface area (Å²) in [5.41, 5.74) is 34.1. The van der Waals surface area contributed by atoms with Crippen molar-refractivity contribution in [1.29, 1.82) is 0 Å². The molecule has 16 aromatic rings. The zero-order chi connectivity index (χ0) is 76.5. The van der Waals surface area contributed by atoms with Crippen LogP contribution < -0.4 is 18.3 Å². The van der Waals surface area contributed by atoms with Crippen LogP contribution >= 0.6 is 0 Å². The molecule has 0 fully saturated rings. The van der Waals surface area contributed by atoms with Crippen molar-refractivity contribution in [3.8, 4) is 114 Å². The second kappa shape index (κ2) is 29.3. The van der Waals surface area contributed by atoms with E-state index in [1.165, 1.54) is 162 Å². The van der Waals surface area contributed by atoms with Gasteiger partial charge in [-0.25, -0.2) is 0 Å². The highest BCUT2D eigenvalue weighted by Crippen LogP contribution is 2.40. The van der Waals surface area contributed by atoms with Gasteiger partial charge in [0.25, 0.3) is 23.3 Å². The topological polar surface area (TPSA) is 86.8 Å². The summed E-state index contributed by atoms with van der Waals surface area (Å²) in [5.74, 6) is 9.55. The molecule has 8 heterocycles. The molecule has 111 heavy (non-hydrogen) atoms. The molecule has 0 N–H and O–H groups in total. The molecule has 0 amide bonds. The van der Waals surface area contributed by atoms with Gasteiger partial charge in [0.1, 0.15) is 48.9 Å². The third kappa shape index (κ3) is 12.6. The minimum atomic E-state index is 0.415. The average Bonchev–Trinajstić information content (AvgIpc) is 1.62. The summed E-state index contributed by atoms with van der Waals surface area (Å²) < 4.78 is 18.1. The van der Waals surface area contributed by atoms with Crippen LogP contribution in [0, 0.1) is 62.3 Å². The highest BCUT2D eigenvalue weighted by Gasteiger charge is 2.42. The van der Waals surface area contributed by atoms with Gasteiger partial charge in [0.15, 0.2) is 0 Å². The quantitative estimate of drug-likeness (QED) is 0.128. The number of hydrogen-bond donors (Lipinski definition) is 0. The molecule has 20 rings (SSSR count). The SMILES string of the molecule is Cc1cccc(-c2nn3c([n+]2-c2c(C)cccc2C)-c2ccccc2C3)c1C.Cc1ccccc1-c1nn2c([n+]1-c1c(C(C)C)cccc1C(C)C)-c1ccccc1C2.Cc1ccccc1-c1nn2c([n+]1-c1c(C)cccc1C)-c1ccccc1C2.Cc1ccccc1-c1nn2c([n+]1-c1ccccc1)-c1ccccc1C2. The molecule has 0 saturated heterocycles. The van der Waals surface area contributed by atoms with Crippen LogP contribution in [-0.4, -0.2) is 39.1 Å². The third-order valence-corrected chi connectivity index (χ3v) is 22.8. The lowest BCUT2D eigenvalue weighted by Crippen LogP contribution is -2.37. The summed E-state index contributed by atoms with van der Waals surface area (Å²) in [6.07, 6.45) is 0. The molecule has 0 saturated carbocycles. The second-order valence-electron chi connectivity index (χ2n) is 30.8. The number of benzene rings is 12. The molecule has 0 spiro atoms. The number of para-hydroxylation sites is 4. The predicted octanol–water partition coefficient (Wildman–Crippen LogP) is 20.4. The van der Waals surface area contributed by atoms with E-state index in [9.17, 15) is 0 Å². The van der Waals surface area contributed by atoms with Crippen molar-refractivity contribution in [3.63, 3.8) is 0 Å². The van der Waals surface area contributed by atoms with Crippen LogP contribution in [0.3, 0.4) is 0 Å². The lowest BCUT2D eigenvalue weighted by atomic mass is 9.92. The zero-order valence-corrected chi connectivity index (χ0v) is 65.8. The lowest BCUT2D eigenvalue weighted by Gasteiger charge is -2.19. The van der Waals surface area contributed by atoms with E-state index in [2.05, 4.69) is 400 Å². The first kappa shape index (κ1) is 71.1. The monoisotopic (exact) mass is 1450 g/mol. The molecule has 4 aromatic heterocycles. The fraction of sp³-hybridized carbons (Fsp3) is 0.192. The summed E-state index contributed by atoms with van der Waals surface area (Å²) in [7, 11) is 0. The Balaban J connectivity index is 0.000000108. The molecule has 546 valence electrons. The number of fused-ring (bicyclic) bond motifs is 12. The van der Waals surface area contributed by atoms with Gasteiger partial charge in [-0.1, -0.05) is 240 Å². The van der Waals surface area contributed by atoms with Crippen molar-refractivity contribution in [3.05, 3.63) is 356 Å². The summed E-state index contributed by atoms with van der Waals surface area (Å²) in [6, 6.07) is 96.9. The zero-order valence-electron chi connectivity index (χ0n) is 65.8. The van der Waals surface area contributed by atoms with Gasteiger partial charge in [-0.3, -0.25) is 0 Å². The van der Waals surface area contributed by atoms with E-state index >= 15 is 0 Å². The molecule has 0 unspecified atom stereocenters. The van der Waals surface area contributed by atoms with E-state index in [0.29, 0.717) is 11.8 Å². The van der Waals surface area contributed by atoms with Crippen LogP contribution in [-0.2, 0) is 26.2 Å². The Kier molecular flexibility index (Phi) is 18.8. The number of aromatic nitrogens is 12. The summed E-state index contributed by atoms with van der Waals surface area (Å²) in [6.45, 7) is 32.0. The molecule has 0 radical (unpaired) electrons. The Hall–Kier alpha value is -12.8. The molecule has 0 atom stereocenters. The largest absolute Gasteiger partial charge is 0.314 e. The molecule has 12 aromatic carbocycles. The maximum Gasteiger partial charge on any atom is 0.314 e. The highest BCUT2D eigenvalue weighted by molar-refractivity contribution is 5.72. The smallest absolute Gasteiger partial charge is 0.190 e. The van der Waals surface area contributed by atoms with Crippen LogP contribution in [0.25, 0.3) is 114 Å². The van der Waals surface area contributed by atoms with Gasteiger partial charge in [0.05, 0.1) is 44.5 Å². The fourth-order valence-electron chi connectivity index (χ4n) is 17.0. The standard InChI is InChI=1S/C28H30N3.C25H24N3.C24H22N3.C22H18N3/c1-18(2)22-15-10-16-23(19(3)4)26(22)31-27(24-13-8-6-11-20(24)5)29-30-17-21-12-7-9-14-25(21)28(30)31;1-16-9-8-14-21(19(16)4)24-26-27-15-20-12-5-6-13-22(20)25(27)28(24)23-17(2)10-7-11-18(23)3;1-16-9-4-6-13-20(16)23-25-26-15-19-12-5-7-14-21(19)24(26)27(23)22-17(2)10-8-11-18(22)3;1-16-9-5-7-13-19(16)21-23-24-15-17-10-6-8-14-20(17)22(24)25(21)18-11-3-2-4-12-18/h6-16,18-19H,17H2,1-5H3;5-14H,15H2,1-4H3;4-14H,15H2,1-3H3;2-14H,15H2,1H3/q4*+1. The van der Waals surface area contributed by atoms with Crippen LogP contribution in [0.2, 0.25) is 0 Å². The third-order valence-electron chi connectivity index (χ3n) is 22.8. The molecule has 12 nitrogen and oxygen atoms in total. The number of rotatable bonds is 10. The summed E-state index contributed by atoms with van der Waals surface area (Å²) >= 11 is 0. The number of hydrogen-bond acceptors (Lipinski definition) is 4. The first-order chi connectivity index (χ1) is 54.0. The van der Waals surface area contributed by atoms with E-state index in [1.807, 2.05) is 0 Å². The highest BCUT2D eigenvalue weighted by atomic mass is 15.4. The van der Waals surface area contributed by atoms with Gasteiger partial charge in [-0.2, -0.15) is 18.3 Å². The molecule has 4 aliphatic heterocycles. The first-order valence-electron chi connectivity index (χ1n) is 39.0.